The average molecular weight is 996 g/mol. The van der Waals surface area contributed by atoms with Crippen LogP contribution in [-0.2, 0) is 28.9 Å². The standard InChI is InChI=1S/C57H82N5O8P/c1-39(2)62(40(3)4)71(68-34-18-32-58)70-49-35-52(61-33-31-51(60-54(61)64)59-53(63)48(42(6)37-56(10,11)12)30-21-41(5)36-55(7,8)9)69-50(49)38-67-57(43-19-16-15-17-20-43,44-22-26-46(65-13)27-23-44)45-24-28-47(66-14)29-25-45/h15-17,19-20,22-29,31,33,39-42,48-50,52H,18,21,30,34-38H2,1-14H3,(H,59,60,63,64). The molecule has 4 aromatic rings. The van der Waals surface area contributed by atoms with Gasteiger partial charge in [0, 0.05) is 30.6 Å². The molecule has 388 valence electrons. The highest BCUT2D eigenvalue weighted by atomic mass is 31.2. The zero-order chi connectivity index (χ0) is 52.1. The van der Waals surface area contributed by atoms with E-state index in [0.717, 1.165) is 42.4 Å². The van der Waals surface area contributed by atoms with Gasteiger partial charge >= 0.3 is 5.69 Å². The fraction of sp³-hybridized carbons (Fsp3) is 0.579. The van der Waals surface area contributed by atoms with E-state index >= 15 is 0 Å². The molecule has 1 aromatic heterocycles. The van der Waals surface area contributed by atoms with Crippen LogP contribution in [0.15, 0.2) is 95.9 Å². The number of nitriles is 1. The number of ether oxygens (including phenoxy) is 4. The Morgan fingerprint density at radius 2 is 1.39 bits per heavy atom. The Morgan fingerprint density at radius 3 is 1.90 bits per heavy atom. The van der Waals surface area contributed by atoms with Crippen LogP contribution in [0.1, 0.15) is 145 Å². The van der Waals surface area contributed by atoms with Gasteiger partial charge < -0.3 is 33.3 Å². The monoisotopic (exact) mass is 996 g/mol. The number of hydrogen-bond donors (Lipinski definition) is 1. The molecule has 1 N–H and O–H groups in total. The van der Waals surface area contributed by atoms with Gasteiger partial charge in [-0.3, -0.25) is 9.36 Å². The number of carbonyl (C=O) groups is 1. The topological polar surface area (TPSA) is 146 Å². The maximum atomic E-state index is 14.2. The zero-order valence-corrected chi connectivity index (χ0v) is 45.8. The van der Waals surface area contributed by atoms with Crippen LogP contribution in [0.5, 0.6) is 11.5 Å². The molecule has 7 unspecified atom stereocenters. The molecule has 3 aromatic carbocycles. The van der Waals surface area contributed by atoms with Crippen LogP contribution >= 0.6 is 8.53 Å². The number of carbonyl (C=O) groups excluding carboxylic acids is 1. The Hall–Kier alpha value is -4.67. The minimum Gasteiger partial charge on any atom is -0.497 e. The third-order valence-electron chi connectivity index (χ3n) is 13.0. The van der Waals surface area contributed by atoms with E-state index in [-0.39, 0.29) is 72.5 Å². The second-order valence-corrected chi connectivity index (χ2v) is 23.6. The van der Waals surface area contributed by atoms with E-state index < -0.39 is 38.3 Å². The van der Waals surface area contributed by atoms with Crippen LogP contribution in [0.2, 0.25) is 0 Å². The van der Waals surface area contributed by atoms with E-state index in [4.69, 9.17) is 28.0 Å². The van der Waals surface area contributed by atoms with Gasteiger partial charge in [0.05, 0.1) is 46.0 Å². The zero-order valence-electron chi connectivity index (χ0n) is 44.9. The summed E-state index contributed by atoms with van der Waals surface area (Å²) in [5, 5.41) is 12.5. The summed E-state index contributed by atoms with van der Waals surface area (Å²) in [6.45, 7) is 26.4. The maximum Gasteiger partial charge on any atom is 0.351 e. The number of nitrogens with zero attached hydrogens (tertiary/aromatic N) is 4. The lowest BCUT2D eigenvalue weighted by Crippen LogP contribution is -2.39. The molecule has 1 amide bonds. The summed E-state index contributed by atoms with van der Waals surface area (Å²) in [5.41, 5.74) is 1.08. The van der Waals surface area contributed by atoms with Gasteiger partial charge in [0.25, 0.3) is 8.53 Å². The summed E-state index contributed by atoms with van der Waals surface area (Å²) >= 11 is 0. The van der Waals surface area contributed by atoms with Crippen molar-refractivity contribution in [2.45, 2.75) is 158 Å². The van der Waals surface area contributed by atoms with Crippen molar-refractivity contribution in [3.8, 4) is 17.6 Å². The summed E-state index contributed by atoms with van der Waals surface area (Å²) in [4.78, 5) is 32.8. The molecule has 1 fully saturated rings. The van der Waals surface area contributed by atoms with Gasteiger partial charge in [0.15, 0.2) is 0 Å². The number of aromatic nitrogens is 2. The Balaban J connectivity index is 1.52. The molecule has 1 aliphatic heterocycles. The third kappa shape index (κ3) is 15.9. The van der Waals surface area contributed by atoms with E-state index in [9.17, 15) is 14.9 Å². The van der Waals surface area contributed by atoms with Crippen molar-refractivity contribution in [3.05, 3.63) is 118 Å². The normalized spacial score (nSPS) is 18.3. The second kappa shape index (κ2) is 25.8. The van der Waals surface area contributed by atoms with Crippen LogP contribution < -0.4 is 20.5 Å². The lowest BCUT2D eigenvalue weighted by atomic mass is 9.76. The van der Waals surface area contributed by atoms with Crippen molar-refractivity contribution in [2.24, 2.45) is 28.6 Å². The van der Waals surface area contributed by atoms with Crippen LogP contribution in [0, 0.1) is 39.9 Å². The Bertz CT molecular complexity index is 2300. The Morgan fingerprint density at radius 1 is 0.831 bits per heavy atom. The number of benzene rings is 3. The van der Waals surface area contributed by atoms with E-state index in [2.05, 4.69) is 104 Å². The van der Waals surface area contributed by atoms with E-state index in [0.29, 0.717) is 17.4 Å². The molecule has 2 heterocycles. The van der Waals surface area contributed by atoms with Crippen molar-refractivity contribution in [1.29, 1.82) is 5.26 Å². The van der Waals surface area contributed by atoms with Gasteiger partial charge in [-0.2, -0.15) is 10.2 Å². The average Bonchev–Trinajstić information content (AvgIpc) is 3.70. The molecule has 0 bridgehead atoms. The van der Waals surface area contributed by atoms with Gasteiger partial charge in [-0.05, 0) is 123 Å². The molecule has 0 radical (unpaired) electrons. The summed E-state index contributed by atoms with van der Waals surface area (Å²) in [5.74, 6) is 1.80. The van der Waals surface area contributed by atoms with E-state index in [1.165, 1.54) is 4.57 Å². The third-order valence-corrected chi connectivity index (χ3v) is 15.1. The number of amides is 1. The summed E-state index contributed by atoms with van der Waals surface area (Å²) in [7, 11) is 1.56. The number of anilines is 1. The largest absolute Gasteiger partial charge is 0.497 e. The van der Waals surface area contributed by atoms with Crippen molar-refractivity contribution in [2.75, 3.05) is 32.8 Å². The molecule has 0 aliphatic carbocycles. The highest BCUT2D eigenvalue weighted by Crippen LogP contribution is 2.51. The van der Waals surface area contributed by atoms with Crippen LogP contribution in [0.4, 0.5) is 5.82 Å². The first-order chi connectivity index (χ1) is 33.6. The second-order valence-electron chi connectivity index (χ2n) is 22.2. The van der Waals surface area contributed by atoms with Crippen molar-refractivity contribution >= 4 is 20.3 Å². The highest BCUT2D eigenvalue weighted by Gasteiger charge is 2.45. The predicted octanol–water partition coefficient (Wildman–Crippen LogP) is 12.7. The number of nitrogens with one attached hydrogen (secondary N) is 1. The van der Waals surface area contributed by atoms with Crippen LogP contribution in [0.25, 0.3) is 0 Å². The first-order valence-corrected chi connectivity index (χ1v) is 26.5. The number of hydrogen-bond acceptors (Lipinski definition) is 11. The fourth-order valence-electron chi connectivity index (χ4n) is 10.1. The van der Waals surface area contributed by atoms with Crippen LogP contribution in [-0.4, -0.2) is 71.9 Å². The van der Waals surface area contributed by atoms with Crippen molar-refractivity contribution in [3.63, 3.8) is 0 Å². The van der Waals surface area contributed by atoms with Crippen molar-refractivity contribution in [1.82, 2.24) is 14.2 Å². The molecule has 1 saturated heterocycles. The Labute approximate surface area is 425 Å². The van der Waals surface area contributed by atoms with Gasteiger partial charge in [-0.1, -0.05) is 110 Å². The molecule has 14 heteroatoms. The molecule has 13 nitrogen and oxygen atoms in total. The van der Waals surface area contributed by atoms with Gasteiger partial charge in [0.1, 0.15) is 35.2 Å². The van der Waals surface area contributed by atoms with Crippen LogP contribution in [0.3, 0.4) is 0 Å². The number of rotatable bonds is 25. The molecule has 0 saturated carbocycles. The maximum absolute atomic E-state index is 14.2. The van der Waals surface area contributed by atoms with E-state index in [1.807, 2.05) is 78.9 Å². The highest BCUT2D eigenvalue weighted by molar-refractivity contribution is 7.44. The SMILES string of the molecule is COc1ccc(C(OCC2OC(n3ccc(NC(=O)C(CCC(C)CC(C)(C)C)C(C)CC(C)(C)C)nc3=O)CC2OP(OCCC#N)N(C(C)C)C(C)C)(c2ccccc2)c2ccc(OC)cc2)cc1. The smallest absolute Gasteiger partial charge is 0.351 e. The molecule has 71 heavy (non-hydrogen) atoms. The van der Waals surface area contributed by atoms with Crippen molar-refractivity contribution < 1.29 is 32.8 Å². The summed E-state index contributed by atoms with van der Waals surface area (Å²) < 4.78 is 42.5. The molecule has 0 spiro atoms. The summed E-state index contributed by atoms with van der Waals surface area (Å²) in [6, 6.07) is 29.6. The quantitative estimate of drug-likeness (QED) is 0.0384. The van der Waals surface area contributed by atoms with E-state index in [1.54, 1.807) is 26.5 Å². The lowest BCUT2D eigenvalue weighted by Gasteiger charge is -2.39. The lowest BCUT2D eigenvalue weighted by molar-refractivity contribution is -0.122. The minimum absolute atomic E-state index is 0.0255. The fourth-order valence-corrected chi connectivity index (χ4v) is 11.9. The molecule has 1 aliphatic rings. The first kappa shape index (κ1) is 57.2. The summed E-state index contributed by atoms with van der Waals surface area (Å²) in [6.07, 6.45) is 3.55. The molecular formula is C57H82N5O8P. The molecule has 5 rings (SSSR count). The molecule has 7 atom stereocenters. The van der Waals surface area contributed by atoms with Gasteiger partial charge in [-0.25, -0.2) is 9.46 Å². The number of methoxy groups -OCH3 is 2. The van der Waals surface area contributed by atoms with Gasteiger partial charge in [0.2, 0.25) is 5.91 Å². The Kier molecular flexibility index (Phi) is 20.8. The predicted molar refractivity (Wildman–Crippen MR) is 283 cm³/mol. The first-order valence-electron chi connectivity index (χ1n) is 25.4. The molecular weight excluding hydrogens is 914 g/mol. The minimum atomic E-state index is -1.71. The van der Waals surface area contributed by atoms with Gasteiger partial charge in [-0.15, -0.1) is 0 Å².